The molecule has 1 amide bonds. The number of hydrogen-bond donors (Lipinski definition) is 3. The normalized spacial score (nSPS) is 14.0. The lowest BCUT2D eigenvalue weighted by Crippen LogP contribution is -2.33. The Morgan fingerprint density at radius 2 is 2.00 bits per heavy atom. The minimum Gasteiger partial charge on any atom is -0.508 e. The van der Waals surface area contributed by atoms with Crippen LogP contribution in [0.2, 0.25) is 0 Å². The molecule has 0 saturated carbocycles. The summed E-state index contributed by atoms with van der Waals surface area (Å²) in [7, 11) is 0. The molecule has 0 saturated heterocycles. The fourth-order valence-corrected chi connectivity index (χ4v) is 2.65. The van der Waals surface area contributed by atoms with Gasteiger partial charge in [0.25, 0.3) is 0 Å². The molecule has 3 N–H and O–H groups in total. The third-order valence-electron chi connectivity index (χ3n) is 3.42. The van der Waals surface area contributed by atoms with Crippen LogP contribution in [0.4, 0.5) is 0 Å². The van der Waals surface area contributed by atoms with Crippen molar-refractivity contribution in [3.8, 4) is 5.75 Å². The van der Waals surface area contributed by atoms with Crippen LogP contribution in [0, 0.1) is 5.41 Å². The average Bonchev–Trinajstić information content (AvgIpc) is 2.83. The largest absolute Gasteiger partial charge is 0.508 e. The van der Waals surface area contributed by atoms with Crippen LogP contribution in [0.1, 0.15) is 12.0 Å². The van der Waals surface area contributed by atoms with Crippen molar-refractivity contribution < 1.29 is 24.4 Å². The van der Waals surface area contributed by atoms with E-state index in [1.807, 2.05) is 6.26 Å². The highest BCUT2D eigenvalue weighted by atomic mass is 32.2. The van der Waals surface area contributed by atoms with Crippen LogP contribution in [0.15, 0.2) is 29.3 Å². The second-order valence-electron chi connectivity index (χ2n) is 5.23. The van der Waals surface area contributed by atoms with Gasteiger partial charge in [-0.1, -0.05) is 12.1 Å². The van der Waals surface area contributed by atoms with Gasteiger partial charge >= 0.3 is 17.7 Å². The van der Waals surface area contributed by atoms with E-state index in [1.54, 1.807) is 23.9 Å². The molecule has 0 radical (unpaired) electrons. The molecule has 126 valence electrons. The van der Waals surface area contributed by atoms with Crippen LogP contribution < -0.4 is 0 Å². The van der Waals surface area contributed by atoms with Gasteiger partial charge in [-0.15, -0.1) is 0 Å². The molecule has 7 nitrogen and oxygen atoms in total. The first-order chi connectivity index (χ1) is 11.4. The Morgan fingerprint density at radius 1 is 1.33 bits per heavy atom. The molecule has 1 aromatic rings. The van der Waals surface area contributed by atoms with Crippen LogP contribution in [0.3, 0.4) is 0 Å². The molecule has 0 atom stereocenters. The zero-order valence-electron chi connectivity index (χ0n) is 13.2. The summed E-state index contributed by atoms with van der Waals surface area (Å²) >= 11 is 1.56. The van der Waals surface area contributed by atoms with Crippen LogP contribution >= 0.6 is 11.8 Å². The molecule has 1 aromatic carbocycles. The molecule has 0 unspecified atom stereocenters. The molecule has 2 rings (SSSR count). The van der Waals surface area contributed by atoms with Gasteiger partial charge in [0.2, 0.25) is 5.71 Å². The Hall–Kier alpha value is -2.48. The number of aliphatic carboxylic acids is 1. The number of carboxylic acid groups (broad SMARTS) is 1. The Balaban J connectivity index is 2.25. The van der Waals surface area contributed by atoms with Crippen molar-refractivity contribution >= 4 is 40.9 Å². The van der Waals surface area contributed by atoms with Gasteiger partial charge in [-0.2, -0.15) is 16.3 Å². The van der Waals surface area contributed by atoms with E-state index in [4.69, 9.17) is 10.5 Å². The number of carboxylic acids is 1. The highest BCUT2D eigenvalue weighted by molar-refractivity contribution is 7.98. The topological polar surface area (TPSA) is 114 Å². The molecule has 0 spiro atoms. The fourth-order valence-electron chi connectivity index (χ4n) is 2.24. The SMILES string of the molecule is CSCCC(=N)C1=[N+](CC(=O)O)C(=O)C(Cc2ccc(O)cc2)=N1. The predicted molar refractivity (Wildman–Crippen MR) is 92.7 cm³/mol. The summed E-state index contributed by atoms with van der Waals surface area (Å²) in [5, 5.41) is 26.4. The molecule has 1 aliphatic rings. The van der Waals surface area contributed by atoms with E-state index in [0.29, 0.717) is 12.2 Å². The maximum atomic E-state index is 12.5. The van der Waals surface area contributed by atoms with Crippen LogP contribution in [0.25, 0.3) is 0 Å². The van der Waals surface area contributed by atoms with Gasteiger partial charge in [-0.05, 0) is 34.7 Å². The number of thioether (sulfide) groups is 1. The molecular weight excluding hydrogens is 330 g/mol. The molecule has 8 heteroatoms. The van der Waals surface area contributed by atoms with Gasteiger partial charge in [0.15, 0.2) is 6.54 Å². The van der Waals surface area contributed by atoms with E-state index in [9.17, 15) is 14.7 Å². The second kappa shape index (κ2) is 7.87. The van der Waals surface area contributed by atoms with E-state index in [1.165, 1.54) is 12.1 Å². The Kier molecular flexibility index (Phi) is 5.86. The number of carbonyl (C=O) groups is 2. The number of benzene rings is 1. The Bertz CT molecular complexity index is 738. The quantitative estimate of drug-likeness (QED) is 0.482. The fraction of sp³-hybridized carbons (Fsp3) is 0.312. The van der Waals surface area contributed by atoms with Gasteiger partial charge in [0, 0.05) is 12.8 Å². The zero-order chi connectivity index (χ0) is 17.7. The number of aliphatic imine (C=N–C) groups is 1. The number of nitrogens with one attached hydrogen (secondary N) is 1. The third kappa shape index (κ3) is 4.29. The lowest BCUT2D eigenvalue weighted by Gasteiger charge is -2.00. The van der Waals surface area contributed by atoms with E-state index >= 15 is 0 Å². The number of hydrogen-bond acceptors (Lipinski definition) is 6. The summed E-state index contributed by atoms with van der Waals surface area (Å²) in [6.07, 6.45) is 2.54. The highest BCUT2D eigenvalue weighted by Gasteiger charge is 2.39. The first kappa shape index (κ1) is 17.9. The molecule has 0 fully saturated rings. The second-order valence-corrected chi connectivity index (χ2v) is 6.22. The van der Waals surface area contributed by atoms with Gasteiger partial charge in [0.05, 0.1) is 0 Å². The summed E-state index contributed by atoms with van der Waals surface area (Å²) in [4.78, 5) is 27.7. The molecule has 0 aliphatic carbocycles. The monoisotopic (exact) mass is 348 g/mol. The Morgan fingerprint density at radius 3 is 2.58 bits per heavy atom. The smallest absolute Gasteiger partial charge is 0.382 e. The van der Waals surface area contributed by atoms with Gasteiger partial charge < -0.3 is 10.2 Å². The number of nitrogens with zero attached hydrogens (tertiary/aromatic N) is 2. The first-order valence-electron chi connectivity index (χ1n) is 7.25. The third-order valence-corrected chi connectivity index (χ3v) is 4.03. The van der Waals surface area contributed by atoms with Gasteiger partial charge in [-0.3, -0.25) is 5.41 Å². The number of rotatable bonds is 8. The summed E-state index contributed by atoms with van der Waals surface area (Å²) in [5.74, 6) is -0.712. The van der Waals surface area contributed by atoms with E-state index in [-0.39, 0.29) is 29.4 Å². The summed E-state index contributed by atoms with van der Waals surface area (Å²) < 4.78 is 1.04. The zero-order valence-corrected chi connectivity index (χ0v) is 14.0. The molecule has 0 aromatic heterocycles. The summed E-state index contributed by atoms with van der Waals surface area (Å²) in [6, 6.07) is 6.36. The molecular formula is C16H18N3O4S+. The van der Waals surface area contributed by atoms with Crippen LogP contribution in [-0.2, 0) is 16.0 Å². The maximum Gasteiger partial charge on any atom is 0.382 e. The number of amides is 1. The minimum atomic E-state index is -1.15. The molecule has 24 heavy (non-hydrogen) atoms. The first-order valence-corrected chi connectivity index (χ1v) is 8.64. The van der Waals surface area contributed by atoms with Crippen molar-refractivity contribution in [3.63, 3.8) is 0 Å². The number of phenols is 1. The van der Waals surface area contributed by atoms with Gasteiger partial charge in [-0.25, -0.2) is 9.59 Å². The molecule has 0 bridgehead atoms. The van der Waals surface area contributed by atoms with E-state index in [0.717, 1.165) is 10.1 Å². The molecule has 1 aliphatic heterocycles. The van der Waals surface area contributed by atoms with Crippen molar-refractivity contribution in [1.29, 1.82) is 5.41 Å². The highest BCUT2D eigenvalue weighted by Crippen LogP contribution is 2.13. The lowest BCUT2D eigenvalue weighted by atomic mass is 10.1. The molecule has 1 heterocycles. The van der Waals surface area contributed by atoms with E-state index in [2.05, 4.69) is 4.99 Å². The number of phenolic OH excluding ortho intramolecular Hbond substituents is 1. The van der Waals surface area contributed by atoms with Crippen molar-refractivity contribution in [3.05, 3.63) is 29.8 Å². The number of carbonyl (C=O) groups excluding carboxylic acids is 1. The minimum absolute atomic E-state index is 0.116. The van der Waals surface area contributed by atoms with Crippen molar-refractivity contribution in [2.75, 3.05) is 18.6 Å². The predicted octanol–water partition coefficient (Wildman–Crippen LogP) is 1.18. The standard InChI is InChI=1S/C16H17N3O4S/c1-24-7-6-12(17)15-18-13(16(23)19(15)9-14(21)22)8-10-2-4-11(20)5-3-10/h2-5,17H,6-9H2,1H3,(H-,20,21,22)/p+1. The van der Waals surface area contributed by atoms with Gasteiger partial charge in [0.1, 0.15) is 11.5 Å². The number of aromatic hydroxyl groups is 1. The van der Waals surface area contributed by atoms with Crippen molar-refractivity contribution in [2.45, 2.75) is 12.8 Å². The Labute approximate surface area is 143 Å². The van der Waals surface area contributed by atoms with Crippen LogP contribution in [-0.4, -0.2) is 62.5 Å². The number of amidine groups is 1. The maximum absolute atomic E-state index is 12.5. The lowest BCUT2D eigenvalue weighted by molar-refractivity contribution is -0.429. The summed E-state index contributed by atoms with van der Waals surface area (Å²) in [5.41, 5.74) is 1.12. The van der Waals surface area contributed by atoms with Crippen LogP contribution in [0.5, 0.6) is 5.75 Å². The summed E-state index contributed by atoms with van der Waals surface area (Å²) in [6.45, 7) is -0.515. The van der Waals surface area contributed by atoms with Crippen molar-refractivity contribution in [2.24, 2.45) is 4.99 Å². The van der Waals surface area contributed by atoms with E-state index < -0.39 is 18.4 Å². The average molecular weight is 348 g/mol. The van der Waals surface area contributed by atoms with Crippen molar-refractivity contribution in [1.82, 2.24) is 0 Å².